The molecule has 0 aliphatic carbocycles. The third-order valence-electron chi connectivity index (χ3n) is 4.09. The maximum absolute atomic E-state index is 12.6. The van der Waals surface area contributed by atoms with E-state index in [-0.39, 0.29) is 19.1 Å². The number of amides is 1. The molecule has 0 spiro atoms. The molecule has 2 aromatic carbocycles. The second-order valence-electron chi connectivity index (χ2n) is 5.95. The van der Waals surface area contributed by atoms with Gasteiger partial charge in [-0.1, -0.05) is 0 Å². The van der Waals surface area contributed by atoms with Crippen LogP contribution in [-0.2, 0) is 14.8 Å². The maximum atomic E-state index is 12.6. The van der Waals surface area contributed by atoms with Gasteiger partial charge in [0.1, 0.15) is 6.54 Å². The SMILES string of the molecule is CCS(=O)(=O)N(CC(=O)Nc1ccc(I)cc1C)c1ccc2c(c1)OCO2. The van der Waals surface area contributed by atoms with E-state index in [1.165, 1.54) is 6.92 Å². The lowest BCUT2D eigenvalue weighted by molar-refractivity contribution is -0.114. The molecule has 2 aromatic rings. The quantitative estimate of drug-likeness (QED) is 0.614. The highest BCUT2D eigenvalue weighted by Crippen LogP contribution is 2.36. The molecule has 3 rings (SSSR count). The predicted molar refractivity (Wildman–Crippen MR) is 112 cm³/mol. The lowest BCUT2D eigenvalue weighted by atomic mass is 10.2. The van der Waals surface area contributed by atoms with Gasteiger partial charge in [-0.15, -0.1) is 0 Å². The lowest BCUT2D eigenvalue weighted by Gasteiger charge is -2.23. The highest BCUT2D eigenvalue weighted by atomic mass is 127. The van der Waals surface area contributed by atoms with Gasteiger partial charge in [-0.25, -0.2) is 8.42 Å². The van der Waals surface area contributed by atoms with Crippen LogP contribution in [-0.4, -0.2) is 33.4 Å². The Labute approximate surface area is 171 Å². The van der Waals surface area contributed by atoms with E-state index in [4.69, 9.17) is 9.47 Å². The molecule has 0 unspecified atom stereocenters. The summed E-state index contributed by atoms with van der Waals surface area (Å²) in [6.07, 6.45) is 0. The largest absolute Gasteiger partial charge is 0.454 e. The van der Waals surface area contributed by atoms with Gasteiger partial charge < -0.3 is 14.8 Å². The molecular formula is C18H19IN2O5S. The van der Waals surface area contributed by atoms with Crippen molar-refractivity contribution in [2.75, 3.05) is 28.7 Å². The second-order valence-corrected chi connectivity index (χ2v) is 9.38. The summed E-state index contributed by atoms with van der Waals surface area (Å²) >= 11 is 2.19. The smallest absolute Gasteiger partial charge is 0.245 e. The normalized spacial score (nSPS) is 12.7. The van der Waals surface area contributed by atoms with Gasteiger partial charge in [0, 0.05) is 15.3 Å². The van der Waals surface area contributed by atoms with E-state index in [9.17, 15) is 13.2 Å². The Morgan fingerprint density at radius 1 is 1.19 bits per heavy atom. The van der Waals surface area contributed by atoms with Crippen molar-refractivity contribution in [3.8, 4) is 11.5 Å². The van der Waals surface area contributed by atoms with E-state index in [2.05, 4.69) is 27.9 Å². The van der Waals surface area contributed by atoms with Gasteiger partial charge in [-0.2, -0.15) is 0 Å². The summed E-state index contributed by atoms with van der Waals surface area (Å²) in [4.78, 5) is 12.6. The Morgan fingerprint density at radius 3 is 2.63 bits per heavy atom. The van der Waals surface area contributed by atoms with Gasteiger partial charge in [-0.3, -0.25) is 9.10 Å². The van der Waals surface area contributed by atoms with Crippen molar-refractivity contribution in [2.45, 2.75) is 13.8 Å². The molecule has 1 N–H and O–H groups in total. The molecule has 0 aromatic heterocycles. The standard InChI is InChI=1S/C18H19IN2O5S/c1-3-27(23,24)21(14-5-7-16-17(9-14)26-11-25-16)10-18(22)20-15-6-4-13(19)8-12(15)2/h4-9H,3,10-11H2,1-2H3,(H,20,22). The molecular weight excluding hydrogens is 483 g/mol. The first-order chi connectivity index (χ1) is 12.8. The number of rotatable bonds is 6. The molecule has 9 heteroatoms. The van der Waals surface area contributed by atoms with Crippen LogP contribution in [0.15, 0.2) is 36.4 Å². The summed E-state index contributed by atoms with van der Waals surface area (Å²) in [6.45, 7) is 3.18. The minimum atomic E-state index is -3.66. The number of sulfonamides is 1. The van der Waals surface area contributed by atoms with Crippen molar-refractivity contribution >= 4 is 49.9 Å². The number of nitrogens with one attached hydrogen (secondary N) is 1. The van der Waals surface area contributed by atoms with Crippen molar-refractivity contribution in [3.05, 3.63) is 45.5 Å². The van der Waals surface area contributed by atoms with Crippen LogP contribution in [0.4, 0.5) is 11.4 Å². The second kappa shape index (κ2) is 7.93. The van der Waals surface area contributed by atoms with Crippen LogP contribution >= 0.6 is 22.6 Å². The highest BCUT2D eigenvalue weighted by Gasteiger charge is 2.26. The van der Waals surface area contributed by atoms with E-state index >= 15 is 0 Å². The van der Waals surface area contributed by atoms with Crippen molar-refractivity contribution in [1.29, 1.82) is 0 Å². The van der Waals surface area contributed by atoms with E-state index in [1.54, 1.807) is 24.3 Å². The van der Waals surface area contributed by atoms with Crippen LogP contribution in [0.5, 0.6) is 11.5 Å². The van der Waals surface area contributed by atoms with Crippen LogP contribution in [0.3, 0.4) is 0 Å². The van der Waals surface area contributed by atoms with E-state index in [1.807, 2.05) is 19.1 Å². The average molecular weight is 502 g/mol. The number of carbonyl (C=O) groups is 1. The molecule has 0 bridgehead atoms. The molecule has 27 heavy (non-hydrogen) atoms. The summed E-state index contributed by atoms with van der Waals surface area (Å²) in [6, 6.07) is 10.4. The van der Waals surface area contributed by atoms with E-state index in [0.717, 1.165) is 13.4 Å². The van der Waals surface area contributed by atoms with E-state index in [0.29, 0.717) is 22.9 Å². The van der Waals surface area contributed by atoms with Crippen molar-refractivity contribution < 1.29 is 22.7 Å². The van der Waals surface area contributed by atoms with Crippen LogP contribution in [0, 0.1) is 10.5 Å². The third-order valence-corrected chi connectivity index (χ3v) is 6.51. The fourth-order valence-corrected chi connectivity index (χ4v) is 4.34. The number of anilines is 2. The summed E-state index contributed by atoms with van der Waals surface area (Å²) in [5.41, 5.74) is 1.92. The number of benzene rings is 2. The molecule has 0 fully saturated rings. The minimum Gasteiger partial charge on any atom is -0.454 e. The van der Waals surface area contributed by atoms with Crippen LogP contribution in [0.1, 0.15) is 12.5 Å². The zero-order valence-electron chi connectivity index (χ0n) is 14.9. The van der Waals surface area contributed by atoms with Crippen molar-refractivity contribution in [2.24, 2.45) is 0 Å². The van der Waals surface area contributed by atoms with Gasteiger partial charge in [0.25, 0.3) is 0 Å². The van der Waals surface area contributed by atoms with Crippen molar-refractivity contribution in [3.63, 3.8) is 0 Å². The molecule has 1 aliphatic rings. The van der Waals surface area contributed by atoms with Crippen LogP contribution < -0.4 is 19.1 Å². The van der Waals surface area contributed by atoms with Gasteiger partial charge >= 0.3 is 0 Å². The van der Waals surface area contributed by atoms with Crippen molar-refractivity contribution in [1.82, 2.24) is 0 Å². The molecule has 0 atom stereocenters. The fourth-order valence-electron chi connectivity index (χ4n) is 2.63. The topological polar surface area (TPSA) is 84.9 Å². The molecule has 0 radical (unpaired) electrons. The van der Waals surface area contributed by atoms with Gasteiger partial charge in [0.2, 0.25) is 22.7 Å². The number of fused-ring (bicyclic) bond motifs is 1. The molecule has 0 saturated carbocycles. The Balaban J connectivity index is 1.85. The molecule has 7 nitrogen and oxygen atoms in total. The number of ether oxygens (including phenoxy) is 2. The van der Waals surface area contributed by atoms with Gasteiger partial charge in [0.05, 0.1) is 11.4 Å². The monoisotopic (exact) mass is 502 g/mol. The molecule has 0 saturated heterocycles. The first kappa shape index (κ1) is 19.7. The zero-order chi connectivity index (χ0) is 19.6. The highest BCUT2D eigenvalue weighted by molar-refractivity contribution is 14.1. The summed E-state index contributed by atoms with van der Waals surface area (Å²) < 4.78 is 37.9. The number of halogens is 1. The molecule has 1 heterocycles. The van der Waals surface area contributed by atoms with Crippen LogP contribution in [0.25, 0.3) is 0 Å². The Kier molecular flexibility index (Phi) is 5.80. The first-order valence-electron chi connectivity index (χ1n) is 8.26. The van der Waals surface area contributed by atoms with E-state index < -0.39 is 15.9 Å². The predicted octanol–water partition coefficient (Wildman–Crippen LogP) is 3.12. The third kappa shape index (κ3) is 4.46. The van der Waals surface area contributed by atoms with Crippen LogP contribution in [0.2, 0.25) is 0 Å². The molecule has 1 amide bonds. The number of carbonyl (C=O) groups excluding carboxylic acids is 1. The number of aryl methyl sites for hydroxylation is 1. The number of nitrogens with zero attached hydrogens (tertiary/aromatic N) is 1. The average Bonchev–Trinajstić information content (AvgIpc) is 3.09. The minimum absolute atomic E-state index is 0.0892. The summed E-state index contributed by atoms with van der Waals surface area (Å²) in [5.74, 6) is 0.454. The fraction of sp³-hybridized carbons (Fsp3) is 0.278. The number of hydrogen-bond acceptors (Lipinski definition) is 5. The lowest BCUT2D eigenvalue weighted by Crippen LogP contribution is -2.39. The zero-order valence-corrected chi connectivity index (χ0v) is 17.8. The first-order valence-corrected chi connectivity index (χ1v) is 10.9. The van der Waals surface area contributed by atoms with Gasteiger partial charge in [0.15, 0.2) is 11.5 Å². The molecule has 144 valence electrons. The maximum Gasteiger partial charge on any atom is 0.245 e. The summed E-state index contributed by atoms with van der Waals surface area (Å²) in [7, 11) is -3.66. The molecule has 1 aliphatic heterocycles. The van der Waals surface area contributed by atoms with Gasteiger partial charge in [-0.05, 0) is 72.3 Å². The Bertz CT molecular complexity index is 978. The Morgan fingerprint density at radius 2 is 1.93 bits per heavy atom. The summed E-state index contributed by atoms with van der Waals surface area (Å²) in [5, 5.41) is 2.78. The number of hydrogen-bond donors (Lipinski definition) is 1. The Hall–Kier alpha value is -2.01.